The molecule has 0 aromatic rings. The molecule has 5 heteroatoms. The molecular weight excluding hydrogens is 183 g/mol. The Kier molecular flexibility index (Phi) is 3.86. The van der Waals surface area contributed by atoms with E-state index < -0.39 is 13.2 Å². The van der Waals surface area contributed by atoms with Crippen molar-refractivity contribution in [1.82, 2.24) is 0 Å². The molecule has 0 aromatic carbocycles. The molecule has 0 radical (unpaired) electrons. The summed E-state index contributed by atoms with van der Waals surface area (Å²) in [6, 6.07) is 0. The van der Waals surface area contributed by atoms with Crippen LogP contribution in [0.3, 0.4) is 0 Å². The number of allylic oxidation sites excluding steroid dienone is 2. The standard InChI is InChI=1S/C9H11BO4/c1-2-14-9-4-3-8(10(12)13)5-7(9)6-11/h3-5,9,12-13H,2H2,1H3. The highest BCUT2D eigenvalue weighted by Crippen LogP contribution is 2.17. The lowest BCUT2D eigenvalue weighted by molar-refractivity contribution is 0.123. The van der Waals surface area contributed by atoms with E-state index in [0.717, 1.165) is 0 Å². The molecule has 0 heterocycles. The first-order valence-electron chi connectivity index (χ1n) is 4.31. The van der Waals surface area contributed by atoms with Crippen molar-refractivity contribution < 1.29 is 19.6 Å². The average molecular weight is 194 g/mol. The van der Waals surface area contributed by atoms with Gasteiger partial charge >= 0.3 is 7.12 Å². The largest absolute Gasteiger partial charge is 0.488 e. The van der Waals surface area contributed by atoms with Crippen LogP contribution >= 0.6 is 0 Å². The Morgan fingerprint density at radius 3 is 2.86 bits per heavy atom. The number of carbonyl (C=O) groups excluding carboxylic acids is 1. The topological polar surface area (TPSA) is 66.8 Å². The van der Waals surface area contributed by atoms with Crippen LogP contribution in [-0.4, -0.2) is 35.8 Å². The maximum atomic E-state index is 10.5. The highest BCUT2D eigenvalue weighted by atomic mass is 16.5. The summed E-state index contributed by atoms with van der Waals surface area (Å²) in [6.07, 6.45) is 4.06. The summed E-state index contributed by atoms with van der Waals surface area (Å²) in [4.78, 5) is 10.5. The number of hydrogen-bond acceptors (Lipinski definition) is 4. The molecule has 74 valence electrons. The van der Waals surface area contributed by atoms with E-state index in [1.807, 2.05) is 6.92 Å². The summed E-state index contributed by atoms with van der Waals surface area (Å²) in [5, 5.41) is 17.7. The first-order valence-corrected chi connectivity index (χ1v) is 4.31. The van der Waals surface area contributed by atoms with Crippen LogP contribution in [-0.2, 0) is 9.53 Å². The van der Waals surface area contributed by atoms with Crippen molar-refractivity contribution >= 4 is 13.1 Å². The highest BCUT2D eigenvalue weighted by Gasteiger charge is 2.20. The van der Waals surface area contributed by atoms with Gasteiger partial charge in [-0.2, -0.15) is 0 Å². The van der Waals surface area contributed by atoms with E-state index in [2.05, 4.69) is 0 Å². The Labute approximate surface area is 82.3 Å². The fourth-order valence-corrected chi connectivity index (χ4v) is 1.19. The van der Waals surface area contributed by atoms with Crippen LogP contribution in [0.4, 0.5) is 0 Å². The van der Waals surface area contributed by atoms with Gasteiger partial charge in [0.05, 0.1) is 5.57 Å². The molecule has 1 rings (SSSR count). The molecule has 14 heavy (non-hydrogen) atoms. The van der Waals surface area contributed by atoms with Gasteiger partial charge in [-0.1, -0.05) is 12.2 Å². The van der Waals surface area contributed by atoms with E-state index in [0.29, 0.717) is 6.61 Å². The summed E-state index contributed by atoms with van der Waals surface area (Å²) in [5.74, 6) is 1.72. The van der Waals surface area contributed by atoms with Crippen LogP contribution < -0.4 is 0 Å². The van der Waals surface area contributed by atoms with Gasteiger partial charge in [0.1, 0.15) is 12.0 Å². The third kappa shape index (κ3) is 2.43. The van der Waals surface area contributed by atoms with Gasteiger partial charge in [0.2, 0.25) is 0 Å². The molecule has 0 spiro atoms. The van der Waals surface area contributed by atoms with Crippen LogP contribution in [0.5, 0.6) is 0 Å². The van der Waals surface area contributed by atoms with Crippen molar-refractivity contribution in [3.05, 3.63) is 29.3 Å². The number of hydrogen-bond donors (Lipinski definition) is 2. The fourth-order valence-electron chi connectivity index (χ4n) is 1.19. The monoisotopic (exact) mass is 194 g/mol. The number of ether oxygens (including phenoxy) is 1. The van der Waals surface area contributed by atoms with Gasteiger partial charge < -0.3 is 14.8 Å². The van der Waals surface area contributed by atoms with Crippen LogP contribution in [0.15, 0.2) is 29.3 Å². The molecule has 0 aliphatic heterocycles. The van der Waals surface area contributed by atoms with Gasteiger partial charge in [-0.15, -0.1) is 0 Å². The second-order valence-electron chi connectivity index (χ2n) is 2.81. The molecule has 0 saturated heterocycles. The van der Waals surface area contributed by atoms with Crippen molar-refractivity contribution in [3.8, 4) is 0 Å². The second kappa shape index (κ2) is 4.93. The van der Waals surface area contributed by atoms with E-state index in [-0.39, 0.29) is 11.0 Å². The Morgan fingerprint density at radius 1 is 1.64 bits per heavy atom. The SMILES string of the molecule is CCOC1C=CC(B(O)O)=CC1=C=O. The predicted octanol–water partition coefficient (Wildman–Crippen LogP) is -0.342. The Bertz CT molecular complexity index is 313. The smallest absolute Gasteiger partial charge is 0.423 e. The minimum absolute atomic E-state index is 0.263. The van der Waals surface area contributed by atoms with E-state index in [9.17, 15) is 4.79 Å². The van der Waals surface area contributed by atoms with Crippen LogP contribution in [0, 0.1) is 0 Å². The second-order valence-corrected chi connectivity index (χ2v) is 2.81. The third-order valence-corrected chi connectivity index (χ3v) is 1.85. The van der Waals surface area contributed by atoms with Crippen molar-refractivity contribution in [3.63, 3.8) is 0 Å². The summed E-state index contributed by atoms with van der Waals surface area (Å²) >= 11 is 0. The lowest BCUT2D eigenvalue weighted by Gasteiger charge is -2.16. The summed E-state index contributed by atoms with van der Waals surface area (Å²) < 4.78 is 5.22. The molecule has 2 N–H and O–H groups in total. The molecule has 1 atom stereocenters. The maximum Gasteiger partial charge on any atom is 0.488 e. The van der Waals surface area contributed by atoms with Gasteiger partial charge in [-0.3, -0.25) is 0 Å². The van der Waals surface area contributed by atoms with Gasteiger partial charge in [0, 0.05) is 6.61 Å². The molecule has 0 bridgehead atoms. The van der Waals surface area contributed by atoms with E-state index in [1.165, 1.54) is 12.2 Å². The van der Waals surface area contributed by atoms with Crippen LogP contribution in [0.25, 0.3) is 0 Å². The molecule has 0 amide bonds. The molecule has 1 unspecified atom stereocenters. The lowest BCUT2D eigenvalue weighted by Crippen LogP contribution is -2.21. The maximum absolute atomic E-state index is 10.5. The zero-order valence-corrected chi connectivity index (χ0v) is 7.80. The zero-order chi connectivity index (χ0) is 10.6. The highest BCUT2D eigenvalue weighted by molar-refractivity contribution is 6.52. The van der Waals surface area contributed by atoms with Gasteiger partial charge in [-0.05, 0) is 18.5 Å². The molecule has 4 nitrogen and oxygen atoms in total. The van der Waals surface area contributed by atoms with Gasteiger partial charge in [-0.25, -0.2) is 4.79 Å². The predicted molar refractivity (Wildman–Crippen MR) is 52.0 cm³/mol. The molecule has 0 aromatic heterocycles. The minimum Gasteiger partial charge on any atom is -0.423 e. The zero-order valence-electron chi connectivity index (χ0n) is 7.80. The van der Waals surface area contributed by atoms with Crippen molar-refractivity contribution in [2.45, 2.75) is 13.0 Å². The lowest BCUT2D eigenvalue weighted by atomic mass is 9.75. The van der Waals surface area contributed by atoms with E-state index >= 15 is 0 Å². The number of rotatable bonds is 3. The summed E-state index contributed by atoms with van der Waals surface area (Å²) in [6.45, 7) is 2.29. The van der Waals surface area contributed by atoms with Crippen molar-refractivity contribution in [2.75, 3.05) is 6.61 Å². The van der Waals surface area contributed by atoms with Crippen molar-refractivity contribution in [2.24, 2.45) is 0 Å². The fraction of sp³-hybridized carbons (Fsp3) is 0.333. The Hall–Kier alpha value is -1.13. The average Bonchev–Trinajstić information content (AvgIpc) is 2.18. The Balaban J connectivity index is 2.86. The Morgan fingerprint density at radius 2 is 2.36 bits per heavy atom. The van der Waals surface area contributed by atoms with Crippen LogP contribution in [0.2, 0.25) is 0 Å². The first kappa shape index (κ1) is 11.0. The first-order chi connectivity index (χ1) is 6.69. The molecule has 1 aliphatic rings. The van der Waals surface area contributed by atoms with E-state index in [4.69, 9.17) is 14.8 Å². The van der Waals surface area contributed by atoms with Crippen molar-refractivity contribution in [1.29, 1.82) is 0 Å². The van der Waals surface area contributed by atoms with E-state index in [1.54, 1.807) is 12.0 Å². The molecule has 0 saturated carbocycles. The van der Waals surface area contributed by atoms with Gasteiger partial charge in [0.25, 0.3) is 0 Å². The molecule has 1 aliphatic carbocycles. The summed E-state index contributed by atoms with van der Waals surface area (Å²) in [7, 11) is -1.57. The molecular formula is C9H11BO4. The van der Waals surface area contributed by atoms with Gasteiger partial charge in [0.15, 0.2) is 0 Å². The van der Waals surface area contributed by atoms with Crippen LogP contribution in [0.1, 0.15) is 6.92 Å². The normalized spacial score (nSPS) is 20.4. The molecule has 0 fully saturated rings. The third-order valence-electron chi connectivity index (χ3n) is 1.85. The minimum atomic E-state index is -1.57. The quantitative estimate of drug-likeness (QED) is 0.476. The summed E-state index contributed by atoms with van der Waals surface area (Å²) in [5.41, 5.74) is 0.539.